The van der Waals surface area contributed by atoms with Crippen LogP contribution in [0.5, 0.6) is 0 Å². The maximum Gasteiger partial charge on any atom is 0.313 e. The monoisotopic (exact) mass is 390 g/mol. The number of cyclic esters (lactones) is 1. The summed E-state index contributed by atoms with van der Waals surface area (Å²) in [6, 6.07) is 3.43. The summed E-state index contributed by atoms with van der Waals surface area (Å²) in [7, 11) is 0. The number of hydrogen-bond donors (Lipinski definition) is 0. The van der Waals surface area contributed by atoms with Gasteiger partial charge in [-0.2, -0.15) is 0 Å². The van der Waals surface area contributed by atoms with Crippen LogP contribution in [0.1, 0.15) is 52.6 Å². The van der Waals surface area contributed by atoms with Gasteiger partial charge in [-0.05, 0) is 61.4 Å². The SMILES string of the molecule is Cc1c(F)cc2nc3c(c4c2c1CCC4)Cn1c-3cc2c(c1=O)COC(=O)C2C. The zero-order valence-corrected chi connectivity index (χ0v) is 16.3. The molecule has 0 saturated carbocycles. The molecule has 2 aliphatic heterocycles. The fourth-order valence-corrected chi connectivity index (χ4v) is 5.25. The van der Waals surface area contributed by atoms with Crippen molar-refractivity contribution in [2.45, 2.75) is 52.2 Å². The molecule has 3 aliphatic rings. The normalized spacial score (nSPS) is 19.0. The number of aryl methyl sites for hydroxylation is 2. The van der Waals surface area contributed by atoms with Gasteiger partial charge < -0.3 is 9.30 Å². The number of esters is 1. The number of aromatic nitrogens is 2. The molecule has 0 amide bonds. The molecule has 29 heavy (non-hydrogen) atoms. The lowest BCUT2D eigenvalue weighted by Crippen LogP contribution is -2.31. The van der Waals surface area contributed by atoms with Gasteiger partial charge in [-0.15, -0.1) is 0 Å². The Morgan fingerprint density at radius 3 is 2.76 bits per heavy atom. The van der Waals surface area contributed by atoms with Gasteiger partial charge in [-0.3, -0.25) is 9.59 Å². The first-order chi connectivity index (χ1) is 14.0. The fraction of sp³-hybridized carbons (Fsp3) is 0.348. The molecule has 5 nitrogen and oxygen atoms in total. The zero-order valence-electron chi connectivity index (χ0n) is 16.3. The Labute approximate surface area is 166 Å². The molecule has 0 saturated heterocycles. The first kappa shape index (κ1) is 16.9. The summed E-state index contributed by atoms with van der Waals surface area (Å²) < 4.78 is 21.5. The van der Waals surface area contributed by atoms with Crippen molar-refractivity contribution in [2.24, 2.45) is 0 Å². The van der Waals surface area contributed by atoms with Gasteiger partial charge in [0.05, 0.1) is 34.9 Å². The standard InChI is InChI=1S/C23H19FN2O3/c1-10-12-4-3-5-13-15-8-26-19(21(15)25-18(20(12)13)7-17(10)24)6-14-11(2)23(28)29-9-16(14)22(26)27/h6-7,11H,3-5,8-9H2,1-2H3. The van der Waals surface area contributed by atoms with E-state index in [2.05, 4.69) is 0 Å². The van der Waals surface area contributed by atoms with Gasteiger partial charge in [0.25, 0.3) is 5.56 Å². The summed E-state index contributed by atoms with van der Waals surface area (Å²) in [4.78, 5) is 30.0. The largest absolute Gasteiger partial charge is 0.460 e. The van der Waals surface area contributed by atoms with Crippen LogP contribution in [0.3, 0.4) is 0 Å². The summed E-state index contributed by atoms with van der Waals surface area (Å²) in [5.41, 5.74) is 7.27. The van der Waals surface area contributed by atoms with Crippen LogP contribution in [0.25, 0.3) is 22.3 Å². The predicted molar refractivity (Wildman–Crippen MR) is 105 cm³/mol. The maximum absolute atomic E-state index is 14.5. The summed E-state index contributed by atoms with van der Waals surface area (Å²) in [5, 5.41) is 1.06. The number of hydrogen-bond acceptors (Lipinski definition) is 4. The molecule has 0 N–H and O–H groups in total. The molecule has 1 unspecified atom stereocenters. The van der Waals surface area contributed by atoms with E-state index in [1.54, 1.807) is 11.5 Å². The number of carbonyl (C=O) groups excluding carboxylic acids is 1. The third kappa shape index (κ3) is 2.06. The van der Waals surface area contributed by atoms with E-state index in [1.807, 2.05) is 13.0 Å². The van der Waals surface area contributed by atoms with Crippen LogP contribution >= 0.6 is 0 Å². The van der Waals surface area contributed by atoms with Gasteiger partial charge in [-0.25, -0.2) is 9.37 Å². The summed E-state index contributed by atoms with van der Waals surface area (Å²) in [5.74, 6) is -1.03. The number of fused-ring (bicyclic) bond motifs is 5. The highest BCUT2D eigenvalue weighted by molar-refractivity contribution is 5.92. The molecule has 6 rings (SSSR count). The average Bonchev–Trinajstić information content (AvgIpc) is 3.08. The van der Waals surface area contributed by atoms with Gasteiger partial charge in [0, 0.05) is 17.0 Å². The van der Waals surface area contributed by atoms with Crippen molar-refractivity contribution in [3.05, 3.63) is 61.7 Å². The molecule has 0 bridgehead atoms. The second kappa shape index (κ2) is 5.53. The number of rotatable bonds is 0. The van der Waals surface area contributed by atoms with Crippen LogP contribution < -0.4 is 5.56 Å². The third-order valence-electron chi connectivity index (χ3n) is 6.84. The smallest absolute Gasteiger partial charge is 0.313 e. The Balaban J connectivity index is 1.68. The second-order valence-corrected chi connectivity index (χ2v) is 8.31. The Hall–Kier alpha value is -3.02. The first-order valence-corrected chi connectivity index (χ1v) is 10.0. The lowest BCUT2D eigenvalue weighted by atomic mass is 9.85. The molecular weight excluding hydrogens is 371 g/mol. The van der Waals surface area contributed by atoms with Crippen LogP contribution in [-0.2, 0) is 35.5 Å². The quantitative estimate of drug-likeness (QED) is 0.431. The zero-order chi connectivity index (χ0) is 20.0. The molecule has 2 aromatic heterocycles. The third-order valence-corrected chi connectivity index (χ3v) is 6.84. The van der Waals surface area contributed by atoms with Gasteiger partial charge >= 0.3 is 5.97 Å². The van der Waals surface area contributed by atoms with Crippen LogP contribution in [-0.4, -0.2) is 15.5 Å². The minimum atomic E-state index is -0.480. The van der Waals surface area contributed by atoms with E-state index >= 15 is 0 Å². The molecule has 1 atom stereocenters. The number of ether oxygens (including phenoxy) is 1. The van der Waals surface area contributed by atoms with E-state index in [4.69, 9.17) is 9.72 Å². The molecule has 6 heteroatoms. The van der Waals surface area contributed by atoms with Crippen molar-refractivity contribution >= 4 is 16.9 Å². The highest BCUT2D eigenvalue weighted by Crippen LogP contribution is 2.42. The molecule has 146 valence electrons. The predicted octanol–water partition coefficient (Wildman–Crippen LogP) is 3.52. The lowest BCUT2D eigenvalue weighted by Gasteiger charge is -2.22. The average molecular weight is 390 g/mol. The van der Waals surface area contributed by atoms with Gasteiger partial charge in [0.15, 0.2) is 0 Å². The van der Waals surface area contributed by atoms with Crippen molar-refractivity contribution in [1.29, 1.82) is 0 Å². The molecule has 0 fully saturated rings. The van der Waals surface area contributed by atoms with Crippen LogP contribution in [0.15, 0.2) is 16.9 Å². The summed E-state index contributed by atoms with van der Waals surface area (Å²) in [6.45, 7) is 4.07. The minimum absolute atomic E-state index is 0.0186. The summed E-state index contributed by atoms with van der Waals surface area (Å²) in [6.07, 6.45) is 2.72. The number of pyridine rings is 2. The number of carbonyl (C=O) groups is 1. The van der Waals surface area contributed by atoms with Crippen molar-refractivity contribution in [3.63, 3.8) is 0 Å². The van der Waals surface area contributed by atoms with Gasteiger partial charge in [0.1, 0.15) is 12.4 Å². The van der Waals surface area contributed by atoms with Crippen LogP contribution in [0.4, 0.5) is 4.39 Å². The van der Waals surface area contributed by atoms with E-state index in [0.717, 1.165) is 52.7 Å². The Morgan fingerprint density at radius 1 is 1.14 bits per heavy atom. The topological polar surface area (TPSA) is 61.2 Å². The van der Waals surface area contributed by atoms with Crippen LogP contribution in [0.2, 0.25) is 0 Å². The van der Waals surface area contributed by atoms with E-state index in [-0.39, 0.29) is 24.0 Å². The van der Waals surface area contributed by atoms with Crippen molar-refractivity contribution in [1.82, 2.24) is 9.55 Å². The molecule has 0 radical (unpaired) electrons. The van der Waals surface area contributed by atoms with Crippen molar-refractivity contribution in [3.8, 4) is 11.4 Å². The Kier molecular flexibility index (Phi) is 3.22. The molecule has 0 spiro atoms. The highest BCUT2D eigenvalue weighted by atomic mass is 19.1. The Morgan fingerprint density at radius 2 is 1.93 bits per heavy atom. The van der Waals surface area contributed by atoms with Crippen molar-refractivity contribution < 1.29 is 13.9 Å². The van der Waals surface area contributed by atoms with Crippen molar-refractivity contribution in [2.75, 3.05) is 0 Å². The molecule has 3 aromatic rings. The van der Waals surface area contributed by atoms with Gasteiger partial charge in [-0.1, -0.05) is 0 Å². The summed E-state index contributed by atoms with van der Waals surface area (Å²) >= 11 is 0. The van der Waals surface area contributed by atoms with E-state index in [0.29, 0.717) is 23.2 Å². The lowest BCUT2D eigenvalue weighted by molar-refractivity contribution is -0.147. The second-order valence-electron chi connectivity index (χ2n) is 8.31. The number of nitrogens with zero attached hydrogens (tertiary/aromatic N) is 2. The number of halogens is 1. The Bertz CT molecular complexity index is 1340. The fourth-order valence-electron chi connectivity index (χ4n) is 5.25. The van der Waals surface area contributed by atoms with E-state index in [1.165, 1.54) is 11.6 Å². The highest BCUT2D eigenvalue weighted by Gasteiger charge is 2.34. The molecule has 1 aliphatic carbocycles. The van der Waals surface area contributed by atoms with Crippen LogP contribution in [0, 0.1) is 12.7 Å². The minimum Gasteiger partial charge on any atom is -0.460 e. The first-order valence-electron chi connectivity index (χ1n) is 10.0. The van der Waals surface area contributed by atoms with E-state index in [9.17, 15) is 14.0 Å². The molecular formula is C23H19FN2O3. The van der Waals surface area contributed by atoms with Gasteiger partial charge in [0.2, 0.25) is 0 Å². The maximum atomic E-state index is 14.5. The van der Waals surface area contributed by atoms with E-state index < -0.39 is 5.92 Å². The molecule has 4 heterocycles. The number of benzene rings is 1. The molecule has 1 aromatic carbocycles.